The molecule has 4 nitrogen and oxygen atoms in total. The van der Waals surface area contributed by atoms with Crippen LogP contribution in [0.25, 0.3) is 0 Å². The molecule has 0 aliphatic carbocycles. The molecule has 0 amide bonds. The SMILES string of the molecule is CC(O)Cc1cnc(C2CCNC2)o1. The molecule has 2 unspecified atom stereocenters. The average Bonchev–Trinajstić information content (AvgIpc) is 2.69. The van der Waals surface area contributed by atoms with Crippen LogP contribution < -0.4 is 5.32 Å². The molecule has 2 atom stereocenters. The lowest BCUT2D eigenvalue weighted by molar-refractivity contribution is 0.186. The van der Waals surface area contributed by atoms with Gasteiger partial charge in [-0.2, -0.15) is 0 Å². The molecule has 2 heterocycles. The molecule has 2 N–H and O–H groups in total. The Morgan fingerprint density at radius 2 is 2.64 bits per heavy atom. The van der Waals surface area contributed by atoms with E-state index in [4.69, 9.17) is 4.42 Å². The minimum Gasteiger partial charge on any atom is -0.445 e. The second-order valence-electron chi connectivity index (χ2n) is 3.91. The number of aliphatic hydroxyl groups is 1. The van der Waals surface area contributed by atoms with Crippen LogP contribution in [0.2, 0.25) is 0 Å². The number of nitrogens with one attached hydrogen (secondary N) is 1. The highest BCUT2D eigenvalue weighted by Gasteiger charge is 2.21. The van der Waals surface area contributed by atoms with Gasteiger partial charge in [0, 0.05) is 18.9 Å². The van der Waals surface area contributed by atoms with Crippen LogP contribution in [0.3, 0.4) is 0 Å². The van der Waals surface area contributed by atoms with Gasteiger partial charge >= 0.3 is 0 Å². The second-order valence-corrected chi connectivity index (χ2v) is 3.91. The Hall–Kier alpha value is -0.870. The molecule has 0 bridgehead atoms. The number of aromatic nitrogens is 1. The van der Waals surface area contributed by atoms with E-state index in [0.717, 1.165) is 31.2 Å². The summed E-state index contributed by atoms with van der Waals surface area (Å²) in [5.41, 5.74) is 0. The van der Waals surface area contributed by atoms with E-state index in [2.05, 4.69) is 10.3 Å². The zero-order chi connectivity index (χ0) is 9.97. The quantitative estimate of drug-likeness (QED) is 0.746. The molecule has 0 spiro atoms. The van der Waals surface area contributed by atoms with Gasteiger partial charge in [0.2, 0.25) is 0 Å². The van der Waals surface area contributed by atoms with Gasteiger partial charge in [-0.3, -0.25) is 0 Å². The lowest BCUT2D eigenvalue weighted by Crippen LogP contribution is -2.08. The number of hydrogen-bond acceptors (Lipinski definition) is 4. The van der Waals surface area contributed by atoms with Crippen LogP contribution in [-0.4, -0.2) is 29.3 Å². The van der Waals surface area contributed by atoms with Crippen LogP contribution in [0.1, 0.15) is 30.9 Å². The van der Waals surface area contributed by atoms with Gasteiger partial charge in [-0.1, -0.05) is 0 Å². The summed E-state index contributed by atoms with van der Waals surface area (Å²) in [7, 11) is 0. The Morgan fingerprint density at radius 3 is 3.29 bits per heavy atom. The number of hydrogen-bond donors (Lipinski definition) is 2. The van der Waals surface area contributed by atoms with Gasteiger partial charge in [-0.05, 0) is 19.9 Å². The van der Waals surface area contributed by atoms with Crippen LogP contribution >= 0.6 is 0 Å². The Balaban J connectivity index is 2.01. The maximum absolute atomic E-state index is 9.18. The molecule has 0 radical (unpaired) electrons. The topological polar surface area (TPSA) is 58.3 Å². The monoisotopic (exact) mass is 196 g/mol. The zero-order valence-corrected chi connectivity index (χ0v) is 8.36. The lowest BCUT2D eigenvalue weighted by Gasteiger charge is -2.02. The lowest BCUT2D eigenvalue weighted by atomic mass is 10.1. The standard InChI is InChI=1S/C10H16N2O2/c1-7(13)4-9-6-12-10(14-9)8-2-3-11-5-8/h6-8,11,13H,2-5H2,1H3. The Morgan fingerprint density at radius 1 is 1.79 bits per heavy atom. The third kappa shape index (κ3) is 2.13. The molecule has 78 valence electrons. The molecule has 0 saturated carbocycles. The van der Waals surface area contributed by atoms with Crippen LogP contribution in [-0.2, 0) is 6.42 Å². The molecule has 0 aromatic carbocycles. The predicted octanol–water partition coefficient (Wildman–Crippen LogP) is 0.675. The smallest absolute Gasteiger partial charge is 0.198 e. The van der Waals surface area contributed by atoms with Crippen LogP contribution in [0, 0.1) is 0 Å². The summed E-state index contributed by atoms with van der Waals surface area (Å²) in [5.74, 6) is 2.00. The van der Waals surface area contributed by atoms with E-state index in [1.165, 1.54) is 0 Å². The van der Waals surface area contributed by atoms with Crippen molar-refractivity contribution < 1.29 is 9.52 Å². The summed E-state index contributed by atoms with van der Waals surface area (Å²) in [6.45, 7) is 3.74. The van der Waals surface area contributed by atoms with Crippen LogP contribution in [0.15, 0.2) is 10.6 Å². The van der Waals surface area contributed by atoms with Crippen molar-refractivity contribution in [2.45, 2.75) is 31.8 Å². The molecule has 1 saturated heterocycles. The fourth-order valence-electron chi connectivity index (χ4n) is 1.76. The molecule has 2 rings (SSSR count). The summed E-state index contributed by atoms with van der Waals surface area (Å²) in [6, 6.07) is 0. The fraction of sp³-hybridized carbons (Fsp3) is 0.700. The molecule has 1 aromatic rings. The maximum Gasteiger partial charge on any atom is 0.198 e. The molecule has 1 aromatic heterocycles. The first-order valence-electron chi connectivity index (χ1n) is 5.09. The van der Waals surface area contributed by atoms with Gasteiger partial charge in [0.15, 0.2) is 5.89 Å². The largest absolute Gasteiger partial charge is 0.445 e. The van der Waals surface area contributed by atoms with E-state index in [1.54, 1.807) is 13.1 Å². The Bertz CT molecular complexity index is 290. The Labute approximate surface area is 83.3 Å². The first-order chi connectivity index (χ1) is 6.75. The van der Waals surface area contributed by atoms with E-state index in [1.807, 2.05) is 0 Å². The highest BCUT2D eigenvalue weighted by atomic mass is 16.4. The highest BCUT2D eigenvalue weighted by Crippen LogP contribution is 2.22. The second kappa shape index (κ2) is 4.11. The molecular formula is C10H16N2O2. The van der Waals surface area contributed by atoms with Gasteiger partial charge in [0.05, 0.1) is 12.3 Å². The van der Waals surface area contributed by atoms with E-state index in [0.29, 0.717) is 12.3 Å². The van der Waals surface area contributed by atoms with Gasteiger partial charge in [0.1, 0.15) is 5.76 Å². The highest BCUT2D eigenvalue weighted by molar-refractivity contribution is 5.02. The normalized spacial score (nSPS) is 24.0. The van der Waals surface area contributed by atoms with Crippen molar-refractivity contribution in [1.82, 2.24) is 10.3 Å². The summed E-state index contributed by atoms with van der Waals surface area (Å²) in [5, 5.41) is 12.5. The first-order valence-corrected chi connectivity index (χ1v) is 5.09. The zero-order valence-electron chi connectivity index (χ0n) is 8.36. The number of rotatable bonds is 3. The molecule has 4 heteroatoms. The van der Waals surface area contributed by atoms with E-state index in [9.17, 15) is 5.11 Å². The van der Waals surface area contributed by atoms with Crippen molar-refractivity contribution >= 4 is 0 Å². The minimum atomic E-state index is -0.363. The van der Waals surface area contributed by atoms with Crippen molar-refractivity contribution in [3.8, 4) is 0 Å². The van der Waals surface area contributed by atoms with Gasteiger partial charge < -0.3 is 14.8 Å². The molecular weight excluding hydrogens is 180 g/mol. The van der Waals surface area contributed by atoms with Crippen LogP contribution in [0.5, 0.6) is 0 Å². The van der Waals surface area contributed by atoms with Crippen molar-refractivity contribution in [1.29, 1.82) is 0 Å². The van der Waals surface area contributed by atoms with Crippen molar-refractivity contribution in [2.24, 2.45) is 0 Å². The summed E-state index contributed by atoms with van der Waals surface area (Å²) < 4.78 is 5.57. The first kappa shape index (κ1) is 9.68. The third-order valence-electron chi connectivity index (χ3n) is 2.48. The molecule has 14 heavy (non-hydrogen) atoms. The fourth-order valence-corrected chi connectivity index (χ4v) is 1.76. The predicted molar refractivity (Wildman–Crippen MR) is 52.1 cm³/mol. The van der Waals surface area contributed by atoms with E-state index >= 15 is 0 Å². The summed E-state index contributed by atoms with van der Waals surface area (Å²) in [6.07, 6.45) is 3.00. The maximum atomic E-state index is 9.18. The number of oxazole rings is 1. The van der Waals surface area contributed by atoms with Gasteiger partial charge in [0.25, 0.3) is 0 Å². The van der Waals surface area contributed by atoms with Gasteiger partial charge in [-0.15, -0.1) is 0 Å². The van der Waals surface area contributed by atoms with Crippen molar-refractivity contribution in [3.05, 3.63) is 17.8 Å². The summed E-state index contributed by atoms with van der Waals surface area (Å²) in [4.78, 5) is 4.23. The van der Waals surface area contributed by atoms with Crippen molar-refractivity contribution in [3.63, 3.8) is 0 Å². The number of nitrogens with zero attached hydrogens (tertiary/aromatic N) is 1. The van der Waals surface area contributed by atoms with Gasteiger partial charge in [-0.25, -0.2) is 4.98 Å². The minimum absolute atomic E-state index is 0.363. The third-order valence-corrected chi connectivity index (χ3v) is 2.48. The summed E-state index contributed by atoms with van der Waals surface area (Å²) >= 11 is 0. The Kier molecular flexibility index (Phi) is 2.84. The molecule has 1 aliphatic heterocycles. The van der Waals surface area contributed by atoms with Crippen molar-refractivity contribution in [2.75, 3.05) is 13.1 Å². The molecule has 1 fully saturated rings. The van der Waals surface area contributed by atoms with E-state index in [-0.39, 0.29) is 6.10 Å². The molecule has 1 aliphatic rings. The number of aliphatic hydroxyl groups excluding tert-OH is 1. The van der Waals surface area contributed by atoms with Crippen LogP contribution in [0.4, 0.5) is 0 Å². The van der Waals surface area contributed by atoms with E-state index < -0.39 is 0 Å². The average molecular weight is 196 g/mol.